The van der Waals surface area contributed by atoms with E-state index in [-0.39, 0.29) is 12.1 Å². The van der Waals surface area contributed by atoms with Gasteiger partial charge in [0.05, 0.1) is 29.8 Å². The zero-order chi connectivity index (χ0) is 25.7. The van der Waals surface area contributed by atoms with Crippen molar-refractivity contribution < 1.29 is 23.0 Å². The van der Waals surface area contributed by atoms with E-state index >= 15 is 4.39 Å². The van der Waals surface area contributed by atoms with Gasteiger partial charge in [-0.1, -0.05) is 30.7 Å². The van der Waals surface area contributed by atoms with Crippen molar-refractivity contribution in [1.82, 2.24) is 19.7 Å². The Morgan fingerprint density at radius 2 is 2.06 bits per heavy atom. The smallest absolute Gasteiger partial charge is 0.420 e. The van der Waals surface area contributed by atoms with Gasteiger partial charge in [-0.3, -0.25) is 0 Å². The van der Waals surface area contributed by atoms with Crippen molar-refractivity contribution in [1.29, 1.82) is 5.26 Å². The Hall–Kier alpha value is -3.88. The van der Waals surface area contributed by atoms with E-state index in [0.717, 1.165) is 11.6 Å². The van der Waals surface area contributed by atoms with Gasteiger partial charge in [0.1, 0.15) is 29.3 Å². The normalized spacial score (nSPS) is 13.4. The fourth-order valence-electron chi connectivity index (χ4n) is 3.78. The molecule has 0 N–H and O–H groups in total. The van der Waals surface area contributed by atoms with Crippen LogP contribution in [-0.2, 0) is 21.6 Å². The van der Waals surface area contributed by atoms with Crippen LogP contribution in [0.1, 0.15) is 29.0 Å². The molecule has 4 aromatic rings. The Morgan fingerprint density at radius 3 is 2.69 bits per heavy atom. The van der Waals surface area contributed by atoms with Crippen LogP contribution in [0.2, 0.25) is 0 Å². The molecule has 2 atom stereocenters. The highest BCUT2D eigenvalue weighted by molar-refractivity contribution is 7.10. The Morgan fingerprint density at radius 1 is 1.28 bits per heavy atom. The third-order valence-corrected chi connectivity index (χ3v) is 6.73. The van der Waals surface area contributed by atoms with Crippen molar-refractivity contribution in [2.24, 2.45) is 0 Å². The number of ether oxygens (including phenoxy) is 2. The van der Waals surface area contributed by atoms with Crippen LogP contribution in [0.15, 0.2) is 60.5 Å². The van der Waals surface area contributed by atoms with Crippen LogP contribution in [0.3, 0.4) is 0 Å². The van der Waals surface area contributed by atoms with Crippen LogP contribution in [0, 0.1) is 23.0 Å². The maximum Gasteiger partial charge on any atom is 0.510 e. The molecule has 184 valence electrons. The molecule has 0 saturated heterocycles. The quantitative estimate of drug-likeness (QED) is 0.216. The van der Waals surface area contributed by atoms with Crippen LogP contribution in [0.4, 0.5) is 13.6 Å². The van der Waals surface area contributed by atoms with Crippen molar-refractivity contribution in [3.05, 3.63) is 88.3 Å². The van der Waals surface area contributed by atoms with E-state index in [1.54, 1.807) is 36.6 Å². The van der Waals surface area contributed by atoms with Gasteiger partial charge in [-0.15, -0.1) is 11.3 Å². The lowest BCUT2D eigenvalue weighted by atomic mass is 9.81. The van der Waals surface area contributed by atoms with E-state index in [9.17, 15) is 9.18 Å². The van der Waals surface area contributed by atoms with Crippen molar-refractivity contribution in [2.75, 3.05) is 6.07 Å². The Labute approximate surface area is 213 Å². The molecule has 0 bridgehead atoms. The van der Waals surface area contributed by atoms with E-state index < -0.39 is 35.4 Å². The predicted molar refractivity (Wildman–Crippen MR) is 127 cm³/mol. The number of hydrogen-bond donors (Lipinski definition) is 0. The molecule has 0 fully saturated rings. The molecule has 0 aliphatic rings. The van der Waals surface area contributed by atoms with E-state index in [2.05, 4.69) is 16.2 Å². The molecule has 12 heteroatoms. The summed E-state index contributed by atoms with van der Waals surface area (Å²) in [4.78, 5) is 21.2. The summed E-state index contributed by atoms with van der Waals surface area (Å²) in [6, 6.07) is 11.4. The SMILES string of the molecule is CC(c1nc(-c2ccc(C#N)cc2)cs1)[C@@](Cn1cncn1)(OC(=O)OCCl)c1ccc(F)cc1F. The highest BCUT2D eigenvalue weighted by atomic mass is 35.5. The highest BCUT2D eigenvalue weighted by Crippen LogP contribution is 2.44. The number of alkyl halides is 1. The number of nitrogens with zero attached hydrogens (tertiary/aromatic N) is 5. The van der Waals surface area contributed by atoms with Crippen LogP contribution >= 0.6 is 22.9 Å². The monoisotopic (exact) mass is 529 g/mol. The highest BCUT2D eigenvalue weighted by Gasteiger charge is 2.47. The summed E-state index contributed by atoms with van der Waals surface area (Å²) in [5.41, 5.74) is 0.0138. The van der Waals surface area contributed by atoms with E-state index in [0.29, 0.717) is 22.3 Å². The molecule has 36 heavy (non-hydrogen) atoms. The summed E-state index contributed by atoms with van der Waals surface area (Å²) in [5.74, 6) is -2.48. The van der Waals surface area contributed by atoms with Crippen molar-refractivity contribution >= 4 is 29.1 Å². The molecule has 4 rings (SSSR count). The third kappa shape index (κ3) is 5.19. The standard InChI is InChI=1S/C24H18ClF2N5O3S/c1-15(22-31-21(10-36-22)17-4-2-16(9-28)3-5-17)24(35-23(33)34-12-25,11-32-14-29-13-30-32)19-7-6-18(26)8-20(19)27/h2-8,10,13-15H,11-12H2,1H3/t15?,24-/m1/s1. The Bertz CT molecular complexity index is 1390. The molecule has 8 nitrogen and oxygen atoms in total. The minimum Gasteiger partial charge on any atom is -0.420 e. The van der Waals surface area contributed by atoms with Gasteiger partial charge in [0, 0.05) is 22.6 Å². The van der Waals surface area contributed by atoms with Crippen molar-refractivity contribution in [3.63, 3.8) is 0 Å². The maximum atomic E-state index is 15.2. The van der Waals surface area contributed by atoms with Gasteiger partial charge >= 0.3 is 6.16 Å². The summed E-state index contributed by atoms with van der Waals surface area (Å²) >= 11 is 6.82. The topological polar surface area (TPSA) is 103 Å². The zero-order valence-electron chi connectivity index (χ0n) is 18.8. The number of aromatic nitrogens is 4. The summed E-state index contributed by atoms with van der Waals surface area (Å²) in [6.45, 7) is 1.52. The van der Waals surface area contributed by atoms with Crippen molar-refractivity contribution in [3.8, 4) is 17.3 Å². The maximum absolute atomic E-state index is 15.2. The molecule has 2 heterocycles. The average molecular weight is 530 g/mol. The number of thiazole rings is 1. The van der Waals surface area contributed by atoms with Gasteiger partial charge in [0.25, 0.3) is 0 Å². The molecule has 0 amide bonds. The Balaban J connectivity index is 1.83. The largest absolute Gasteiger partial charge is 0.510 e. The van der Waals surface area contributed by atoms with Crippen LogP contribution in [0.5, 0.6) is 0 Å². The number of halogens is 3. The number of carbonyl (C=O) groups is 1. The van der Waals surface area contributed by atoms with Gasteiger partial charge in [-0.05, 0) is 24.3 Å². The first-order valence-corrected chi connectivity index (χ1v) is 11.9. The summed E-state index contributed by atoms with van der Waals surface area (Å²) in [5, 5.41) is 15.4. The van der Waals surface area contributed by atoms with E-state index in [1.165, 1.54) is 34.7 Å². The molecule has 0 aliphatic heterocycles. The molecule has 2 aromatic carbocycles. The van der Waals surface area contributed by atoms with Gasteiger partial charge in [0.15, 0.2) is 11.7 Å². The van der Waals surface area contributed by atoms with Crippen LogP contribution in [-0.4, -0.2) is 32.0 Å². The Kier molecular flexibility index (Phi) is 7.57. The summed E-state index contributed by atoms with van der Waals surface area (Å²) in [7, 11) is 0. The second-order valence-corrected chi connectivity index (χ2v) is 8.80. The molecule has 0 saturated carbocycles. The van der Waals surface area contributed by atoms with Gasteiger partial charge in [-0.2, -0.15) is 10.4 Å². The molecule has 0 spiro atoms. The number of hydrogen-bond acceptors (Lipinski definition) is 8. The molecule has 0 aliphatic carbocycles. The number of benzene rings is 2. The second kappa shape index (κ2) is 10.8. The van der Waals surface area contributed by atoms with Crippen LogP contribution in [0.25, 0.3) is 11.3 Å². The number of rotatable bonds is 8. The molecular weight excluding hydrogens is 512 g/mol. The fourth-order valence-corrected chi connectivity index (χ4v) is 4.83. The lowest BCUT2D eigenvalue weighted by Gasteiger charge is -2.37. The van der Waals surface area contributed by atoms with Gasteiger partial charge in [0.2, 0.25) is 0 Å². The third-order valence-electron chi connectivity index (χ3n) is 5.59. The predicted octanol–water partition coefficient (Wildman–Crippen LogP) is 5.60. The molecular formula is C24H18ClF2N5O3S. The van der Waals surface area contributed by atoms with Gasteiger partial charge in [-0.25, -0.2) is 28.2 Å². The van der Waals surface area contributed by atoms with E-state index in [1.807, 2.05) is 0 Å². The first-order valence-electron chi connectivity index (χ1n) is 10.5. The summed E-state index contributed by atoms with van der Waals surface area (Å²) < 4.78 is 41.0. The fraction of sp³-hybridized carbons (Fsp3) is 0.208. The zero-order valence-corrected chi connectivity index (χ0v) is 20.3. The molecule has 2 aromatic heterocycles. The van der Waals surface area contributed by atoms with Gasteiger partial charge < -0.3 is 9.47 Å². The number of nitriles is 1. The van der Waals surface area contributed by atoms with Crippen molar-refractivity contribution in [2.45, 2.75) is 25.0 Å². The average Bonchev–Trinajstić information content (AvgIpc) is 3.56. The molecule has 1 unspecified atom stereocenters. The summed E-state index contributed by atoms with van der Waals surface area (Å²) in [6.07, 6.45) is 1.51. The number of carbonyl (C=O) groups excluding carboxylic acids is 1. The minimum atomic E-state index is -1.77. The minimum absolute atomic E-state index is 0.103. The van der Waals surface area contributed by atoms with E-state index in [4.69, 9.17) is 31.3 Å². The lowest BCUT2D eigenvalue weighted by Crippen LogP contribution is -2.43. The lowest BCUT2D eigenvalue weighted by molar-refractivity contribution is -0.0620. The molecule has 0 radical (unpaired) electrons. The second-order valence-electron chi connectivity index (χ2n) is 7.69. The first kappa shape index (κ1) is 25.2. The van der Waals surface area contributed by atoms with Crippen LogP contribution < -0.4 is 0 Å². The first-order chi connectivity index (χ1) is 17.4.